The van der Waals surface area contributed by atoms with Crippen molar-refractivity contribution in [2.75, 3.05) is 43.6 Å². The third kappa shape index (κ3) is 4.15. The van der Waals surface area contributed by atoms with Gasteiger partial charge in [-0.15, -0.1) is 0 Å². The Balaban J connectivity index is 2.20. The van der Waals surface area contributed by atoms with Crippen LogP contribution in [-0.2, 0) is 4.74 Å². The number of rotatable bonds is 6. The van der Waals surface area contributed by atoms with Gasteiger partial charge in [-0.2, -0.15) is 15.0 Å². The number of hydrogen-bond acceptors (Lipinski definition) is 8. The minimum Gasteiger partial charge on any atom is -0.463 e. The van der Waals surface area contributed by atoms with E-state index < -0.39 is 0 Å². The summed E-state index contributed by atoms with van der Waals surface area (Å²) in [4.78, 5) is 14.9. The highest BCUT2D eigenvalue weighted by atomic mass is 16.5. The molecule has 2 rings (SSSR count). The summed E-state index contributed by atoms with van der Waals surface area (Å²) < 4.78 is 11.1. The Hall–Kier alpha value is -1.67. The van der Waals surface area contributed by atoms with Crippen LogP contribution in [-0.4, -0.2) is 65.6 Å². The SMILES string of the molecule is CCCOc1nc(NC)nc(N2CC(C)OC(CO)C2)n1. The van der Waals surface area contributed by atoms with E-state index in [0.717, 1.165) is 6.42 Å². The molecule has 0 aromatic carbocycles. The molecule has 2 unspecified atom stereocenters. The van der Waals surface area contributed by atoms with E-state index in [1.54, 1.807) is 7.05 Å². The normalized spacial score (nSPS) is 22.2. The number of ether oxygens (including phenoxy) is 2. The number of hydrogen-bond donors (Lipinski definition) is 2. The quantitative estimate of drug-likeness (QED) is 0.774. The van der Waals surface area contributed by atoms with Crippen LogP contribution in [0.3, 0.4) is 0 Å². The topological polar surface area (TPSA) is 92.6 Å². The molecule has 2 heterocycles. The van der Waals surface area contributed by atoms with Gasteiger partial charge < -0.3 is 24.8 Å². The number of nitrogens with zero attached hydrogens (tertiary/aromatic N) is 4. The van der Waals surface area contributed by atoms with Crippen molar-refractivity contribution in [1.29, 1.82) is 0 Å². The van der Waals surface area contributed by atoms with Crippen molar-refractivity contribution in [3.63, 3.8) is 0 Å². The average Bonchev–Trinajstić information content (AvgIpc) is 2.51. The molecule has 2 N–H and O–H groups in total. The van der Waals surface area contributed by atoms with Crippen LogP contribution >= 0.6 is 0 Å². The number of aliphatic hydroxyl groups is 1. The lowest BCUT2D eigenvalue weighted by atomic mass is 10.2. The molecule has 1 aliphatic rings. The van der Waals surface area contributed by atoms with Crippen LogP contribution < -0.4 is 15.0 Å². The molecule has 0 aliphatic carbocycles. The van der Waals surface area contributed by atoms with Crippen molar-refractivity contribution < 1.29 is 14.6 Å². The molecule has 21 heavy (non-hydrogen) atoms. The van der Waals surface area contributed by atoms with Gasteiger partial charge in [0, 0.05) is 20.1 Å². The highest BCUT2D eigenvalue weighted by Gasteiger charge is 2.27. The zero-order valence-corrected chi connectivity index (χ0v) is 12.7. The predicted octanol–water partition coefficient (Wildman–Crippen LogP) is 0.288. The largest absolute Gasteiger partial charge is 0.463 e. The van der Waals surface area contributed by atoms with Crippen LogP contribution in [0.25, 0.3) is 0 Å². The molecular formula is C13H23N5O3. The molecule has 1 aromatic heterocycles. The lowest BCUT2D eigenvalue weighted by Gasteiger charge is -2.36. The van der Waals surface area contributed by atoms with E-state index in [1.807, 2.05) is 18.7 Å². The molecule has 0 bridgehead atoms. The molecule has 0 spiro atoms. The Labute approximate surface area is 124 Å². The van der Waals surface area contributed by atoms with E-state index in [9.17, 15) is 5.11 Å². The second kappa shape index (κ2) is 7.37. The Morgan fingerprint density at radius 1 is 1.38 bits per heavy atom. The van der Waals surface area contributed by atoms with Gasteiger partial charge >= 0.3 is 6.01 Å². The number of anilines is 2. The molecule has 8 heteroatoms. The molecular weight excluding hydrogens is 274 g/mol. The first-order valence-corrected chi connectivity index (χ1v) is 7.24. The fourth-order valence-electron chi connectivity index (χ4n) is 2.17. The highest BCUT2D eigenvalue weighted by Crippen LogP contribution is 2.20. The first-order chi connectivity index (χ1) is 10.2. The monoisotopic (exact) mass is 297 g/mol. The van der Waals surface area contributed by atoms with Crippen LogP contribution in [0.15, 0.2) is 0 Å². The number of aromatic nitrogens is 3. The summed E-state index contributed by atoms with van der Waals surface area (Å²) in [6, 6.07) is 0.311. The van der Waals surface area contributed by atoms with Crippen molar-refractivity contribution in [2.45, 2.75) is 32.5 Å². The molecule has 2 atom stereocenters. The van der Waals surface area contributed by atoms with E-state index in [2.05, 4.69) is 20.3 Å². The van der Waals surface area contributed by atoms with Crippen molar-refractivity contribution in [1.82, 2.24) is 15.0 Å². The molecule has 8 nitrogen and oxygen atoms in total. The molecule has 1 saturated heterocycles. The molecule has 1 aliphatic heterocycles. The Morgan fingerprint density at radius 2 is 2.19 bits per heavy atom. The Morgan fingerprint density at radius 3 is 2.86 bits per heavy atom. The molecule has 0 radical (unpaired) electrons. The fourth-order valence-corrected chi connectivity index (χ4v) is 2.17. The second-order valence-corrected chi connectivity index (χ2v) is 5.00. The van der Waals surface area contributed by atoms with E-state index in [1.165, 1.54) is 0 Å². The number of aliphatic hydroxyl groups excluding tert-OH is 1. The van der Waals surface area contributed by atoms with E-state index in [4.69, 9.17) is 9.47 Å². The van der Waals surface area contributed by atoms with E-state index in [0.29, 0.717) is 37.6 Å². The maximum absolute atomic E-state index is 9.30. The van der Waals surface area contributed by atoms with Gasteiger partial charge in [0.1, 0.15) is 0 Å². The summed E-state index contributed by atoms with van der Waals surface area (Å²) in [5.74, 6) is 1.000. The van der Waals surface area contributed by atoms with Gasteiger partial charge in [0.15, 0.2) is 0 Å². The van der Waals surface area contributed by atoms with E-state index >= 15 is 0 Å². The molecule has 0 amide bonds. The minimum atomic E-state index is -0.233. The number of nitrogens with one attached hydrogen (secondary N) is 1. The maximum Gasteiger partial charge on any atom is 0.323 e. The third-order valence-electron chi connectivity index (χ3n) is 3.07. The van der Waals surface area contributed by atoms with Crippen molar-refractivity contribution in [2.24, 2.45) is 0 Å². The first kappa shape index (κ1) is 15.7. The second-order valence-electron chi connectivity index (χ2n) is 5.00. The third-order valence-corrected chi connectivity index (χ3v) is 3.07. The van der Waals surface area contributed by atoms with Crippen LogP contribution in [0.4, 0.5) is 11.9 Å². The van der Waals surface area contributed by atoms with Crippen LogP contribution in [0.2, 0.25) is 0 Å². The van der Waals surface area contributed by atoms with Gasteiger partial charge in [0.05, 0.1) is 25.4 Å². The Bertz CT molecular complexity index is 459. The van der Waals surface area contributed by atoms with Crippen LogP contribution in [0.1, 0.15) is 20.3 Å². The van der Waals surface area contributed by atoms with Gasteiger partial charge in [0.2, 0.25) is 11.9 Å². The average molecular weight is 297 g/mol. The van der Waals surface area contributed by atoms with Crippen molar-refractivity contribution in [3.05, 3.63) is 0 Å². The number of morpholine rings is 1. The lowest BCUT2D eigenvalue weighted by molar-refractivity contribution is -0.0425. The summed E-state index contributed by atoms with van der Waals surface area (Å²) in [5, 5.41) is 12.2. The zero-order chi connectivity index (χ0) is 15.2. The van der Waals surface area contributed by atoms with Gasteiger partial charge in [0.25, 0.3) is 0 Å². The summed E-state index contributed by atoms with van der Waals surface area (Å²) in [6.07, 6.45) is 0.658. The zero-order valence-electron chi connectivity index (χ0n) is 12.7. The molecule has 0 saturated carbocycles. The van der Waals surface area contributed by atoms with Gasteiger partial charge in [-0.25, -0.2) is 0 Å². The van der Waals surface area contributed by atoms with Crippen LogP contribution in [0.5, 0.6) is 6.01 Å². The molecule has 118 valence electrons. The summed E-state index contributed by atoms with van der Waals surface area (Å²) >= 11 is 0. The Kier molecular flexibility index (Phi) is 5.51. The van der Waals surface area contributed by atoms with Crippen molar-refractivity contribution >= 4 is 11.9 Å². The first-order valence-electron chi connectivity index (χ1n) is 7.24. The smallest absolute Gasteiger partial charge is 0.323 e. The van der Waals surface area contributed by atoms with Crippen LogP contribution in [0, 0.1) is 0 Å². The van der Waals surface area contributed by atoms with E-state index in [-0.39, 0.29) is 18.8 Å². The fraction of sp³-hybridized carbons (Fsp3) is 0.769. The lowest BCUT2D eigenvalue weighted by Crippen LogP contribution is -2.48. The highest BCUT2D eigenvalue weighted by molar-refractivity contribution is 5.38. The maximum atomic E-state index is 9.30. The predicted molar refractivity (Wildman–Crippen MR) is 78.8 cm³/mol. The summed E-state index contributed by atoms with van der Waals surface area (Å²) in [6.45, 7) is 5.73. The van der Waals surface area contributed by atoms with Gasteiger partial charge in [-0.05, 0) is 13.3 Å². The summed E-state index contributed by atoms with van der Waals surface area (Å²) in [5.41, 5.74) is 0. The minimum absolute atomic E-state index is 0.00529. The standard InChI is InChI=1S/C13H23N5O3/c1-4-5-20-13-16-11(14-3)15-12(17-13)18-6-9(2)21-10(7-18)8-19/h9-10,19H,4-8H2,1-3H3,(H,14,15,16,17). The molecule has 1 aromatic rings. The molecule has 1 fully saturated rings. The summed E-state index contributed by atoms with van der Waals surface area (Å²) in [7, 11) is 1.75. The van der Waals surface area contributed by atoms with Crippen molar-refractivity contribution in [3.8, 4) is 6.01 Å². The van der Waals surface area contributed by atoms with Gasteiger partial charge in [-0.3, -0.25) is 0 Å². The van der Waals surface area contributed by atoms with Gasteiger partial charge in [-0.1, -0.05) is 6.92 Å².